The van der Waals surface area contributed by atoms with Gasteiger partial charge in [-0.25, -0.2) is 4.98 Å². The zero-order valence-corrected chi connectivity index (χ0v) is 17.1. The molecule has 1 aromatic heterocycles. The van der Waals surface area contributed by atoms with Crippen LogP contribution in [-0.2, 0) is 6.54 Å². The van der Waals surface area contributed by atoms with Crippen molar-refractivity contribution in [3.63, 3.8) is 0 Å². The molecule has 0 unspecified atom stereocenters. The molecule has 1 N–H and O–H groups in total. The van der Waals surface area contributed by atoms with E-state index in [-0.39, 0.29) is 0 Å². The number of ether oxygens (including phenoxy) is 1. The van der Waals surface area contributed by atoms with Gasteiger partial charge < -0.3 is 4.74 Å². The van der Waals surface area contributed by atoms with E-state index >= 15 is 0 Å². The Bertz CT molecular complexity index is 898. The molecule has 1 heterocycles. The minimum Gasteiger partial charge on any atom is -0.496 e. The summed E-state index contributed by atoms with van der Waals surface area (Å²) in [7, 11) is 1.72. The lowest BCUT2D eigenvalue weighted by atomic mass is 10.1. The molecule has 27 heavy (non-hydrogen) atoms. The number of benzene rings is 2. The highest BCUT2D eigenvalue weighted by Gasteiger charge is 2.10. The topological polar surface area (TPSA) is 49.8 Å². The van der Waals surface area contributed by atoms with Crippen molar-refractivity contribution in [2.45, 2.75) is 27.3 Å². The highest BCUT2D eigenvalue weighted by molar-refractivity contribution is 7.22. The van der Waals surface area contributed by atoms with Gasteiger partial charge in [-0.3, -0.25) is 10.3 Å². The van der Waals surface area contributed by atoms with Crippen LogP contribution in [-0.4, -0.2) is 35.8 Å². The Labute approximate surface area is 164 Å². The smallest absolute Gasteiger partial charge is 0.204 e. The van der Waals surface area contributed by atoms with E-state index in [1.165, 1.54) is 5.56 Å². The van der Waals surface area contributed by atoms with Gasteiger partial charge in [0.25, 0.3) is 0 Å². The van der Waals surface area contributed by atoms with Crippen molar-refractivity contribution in [3.8, 4) is 5.75 Å². The molecule has 0 saturated carbocycles. The van der Waals surface area contributed by atoms with Crippen molar-refractivity contribution in [2.75, 3.05) is 25.6 Å². The summed E-state index contributed by atoms with van der Waals surface area (Å²) in [5.74, 6) is 0.914. The van der Waals surface area contributed by atoms with Crippen LogP contribution in [0.5, 0.6) is 5.75 Å². The molecule has 142 valence electrons. The first kappa shape index (κ1) is 19.3. The summed E-state index contributed by atoms with van der Waals surface area (Å²) in [6, 6.07) is 14.3. The summed E-state index contributed by atoms with van der Waals surface area (Å²) in [6.45, 7) is 9.24. The van der Waals surface area contributed by atoms with Gasteiger partial charge in [0.05, 0.1) is 23.0 Å². The van der Waals surface area contributed by atoms with E-state index in [0.717, 1.165) is 52.0 Å². The predicted octanol–water partition coefficient (Wildman–Crippen LogP) is 4.98. The molecule has 3 rings (SSSR count). The first-order valence-electron chi connectivity index (χ1n) is 9.20. The fraction of sp³-hybridized carbons (Fsp3) is 0.333. The number of nitrogens with zero attached hydrogens (tertiary/aromatic N) is 3. The number of methoxy groups -OCH3 is 1. The molecule has 0 fully saturated rings. The highest BCUT2D eigenvalue weighted by Crippen LogP contribution is 2.26. The van der Waals surface area contributed by atoms with Gasteiger partial charge in [0.1, 0.15) is 5.75 Å². The normalized spacial score (nSPS) is 12.0. The zero-order chi connectivity index (χ0) is 19.2. The van der Waals surface area contributed by atoms with Crippen LogP contribution in [0.15, 0.2) is 47.6 Å². The molecule has 0 aliphatic carbocycles. The average Bonchev–Trinajstić information content (AvgIpc) is 3.13. The number of rotatable bonds is 8. The number of nitrogens with one attached hydrogen (secondary N) is 1. The molecule has 0 saturated heterocycles. The first-order valence-corrected chi connectivity index (χ1v) is 10.0. The van der Waals surface area contributed by atoms with Crippen LogP contribution in [0, 0.1) is 0 Å². The van der Waals surface area contributed by atoms with Crippen LogP contribution in [0.3, 0.4) is 0 Å². The third kappa shape index (κ3) is 4.64. The number of anilines is 1. The Hall–Kier alpha value is -2.44. The second-order valence-corrected chi connectivity index (χ2v) is 7.31. The zero-order valence-electron chi connectivity index (χ0n) is 16.3. The molecule has 0 bridgehead atoms. The Morgan fingerprint density at radius 3 is 2.67 bits per heavy atom. The van der Waals surface area contributed by atoms with Gasteiger partial charge in [0.15, 0.2) is 0 Å². The van der Waals surface area contributed by atoms with Gasteiger partial charge in [-0.05, 0) is 55.9 Å². The number of hydrazone groups is 1. The monoisotopic (exact) mass is 382 g/mol. The molecule has 6 heteroatoms. The van der Waals surface area contributed by atoms with Crippen molar-refractivity contribution in [1.82, 2.24) is 9.88 Å². The fourth-order valence-electron chi connectivity index (χ4n) is 2.93. The molecular formula is C21H26N4OS. The maximum absolute atomic E-state index is 5.54. The second-order valence-electron chi connectivity index (χ2n) is 6.28. The third-order valence-corrected chi connectivity index (χ3v) is 5.54. The Morgan fingerprint density at radius 2 is 1.96 bits per heavy atom. The number of para-hydroxylation sites is 1. The number of thiazole rings is 1. The average molecular weight is 383 g/mol. The number of aromatic nitrogens is 1. The number of hydrogen-bond donors (Lipinski definition) is 1. The van der Waals surface area contributed by atoms with E-state index in [2.05, 4.69) is 46.4 Å². The highest BCUT2D eigenvalue weighted by atomic mass is 32.1. The van der Waals surface area contributed by atoms with Crippen LogP contribution >= 0.6 is 11.3 Å². The Kier molecular flexibility index (Phi) is 6.42. The lowest BCUT2D eigenvalue weighted by Crippen LogP contribution is -2.22. The van der Waals surface area contributed by atoms with Crippen LogP contribution in [0.2, 0.25) is 0 Å². The standard InChI is InChI=1S/C21H26N4OS/c1-5-25(6-2)14-17-13-16(11-12-19(17)26-4)15(3)23-24-21-22-18-9-7-8-10-20(18)27-21/h7-13H,5-6,14H2,1-4H3,(H,22,24)/b23-15-. The van der Waals surface area contributed by atoms with E-state index in [0.29, 0.717) is 0 Å². The van der Waals surface area contributed by atoms with Crippen molar-refractivity contribution in [3.05, 3.63) is 53.6 Å². The van der Waals surface area contributed by atoms with E-state index in [4.69, 9.17) is 4.74 Å². The largest absolute Gasteiger partial charge is 0.496 e. The Morgan fingerprint density at radius 1 is 1.19 bits per heavy atom. The summed E-state index contributed by atoms with van der Waals surface area (Å²) in [4.78, 5) is 6.93. The molecule has 0 radical (unpaired) electrons. The molecule has 0 spiro atoms. The van der Waals surface area contributed by atoms with Gasteiger partial charge in [-0.1, -0.05) is 37.3 Å². The molecule has 0 aliphatic rings. The molecule has 0 aliphatic heterocycles. The van der Waals surface area contributed by atoms with Crippen LogP contribution in [0.1, 0.15) is 31.9 Å². The first-order chi connectivity index (χ1) is 13.1. The van der Waals surface area contributed by atoms with Crippen molar-refractivity contribution in [2.24, 2.45) is 5.10 Å². The molecule has 0 atom stereocenters. The van der Waals surface area contributed by atoms with Crippen molar-refractivity contribution < 1.29 is 4.74 Å². The molecule has 2 aromatic carbocycles. The van der Waals surface area contributed by atoms with Gasteiger partial charge in [-0.15, -0.1) is 0 Å². The van der Waals surface area contributed by atoms with Crippen LogP contribution in [0.4, 0.5) is 5.13 Å². The summed E-state index contributed by atoms with van der Waals surface area (Å²) in [5.41, 5.74) is 7.25. The summed E-state index contributed by atoms with van der Waals surface area (Å²) < 4.78 is 6.69. The van der Waals surface area contributed by atoms with Gasteiger partial charge in [0, 0.05) is 12.1 Å². The van der Waals surface area contributed by atoms with Gasteiger partial charge in [0.2, 0.25) is 5.13 Å². The summed E-state index contributed by atoms with van der Waals surface area (Å²) >= 11 is 1.60. The molecule has 3 aromatic rings. The maximum Gasteiger partial charge on any atom is 0.204 e. The Balaban J connectivity index is 1.80. The lowest BCUT2D eigenvalue weighted by Gasteiger charge is -2.20. The van der Waals surface area contributed by atoms with Crippen molar-refractivity contribution >= 4 is 32.4 Å². The molecule has 5 nitrogen and oxygen atoms in total. The summed E-state index contributed by atoms with van der Waals surface area (Å²) in [6.07, 6.45) is 0. The van der Waals surface area contributed by atoms with Crippen LogP contribution < -0.4 is 10.2 Å². The number of hydrogen-bond acceptors (Lipinski definition) is 6. The van der Waals surface area contributed by atoms with Crippen molar-refractivity contribution in [1.29, 1.82) is 0 Å². The maximum atomic E-state index is 5.54. The molecule has 0 amide bonds. The SMILES string of the molecule is CCN(CC)Cc1cc(/C(C)=N\Nc2nc3ccccc3s2)ccc1OC. The summed E-state index contributed by atoms with van der Waals surface area (Å²) in [5, 5.41) is 5.33. The molecular weight excluding hydrogens is 356 g/mol. The fourth-order valence-corrected chi connectivity index (χ4v) is 3.74. The second kappa shape index (κ2) is 8.97. The van der Waals surface area contributed by atoms with Gasteiger partial charge >= 0.3 is 0 Å². The number of fused-ring (bicyclic) bond motifs is 1. The lowest BCUT2D eigenvalue weighted by molar-refractivity contribution is 0.289. The van der Waals surface area contributed by atoms with Crippen LogP contribution in [0.25, 0.3) is 10.2 Å². The quantitative estimate of drug-likeness (QED) is 0.441. The van der Waals surface area contributed by atoms with E-state index in [1.54, 1.807) is 18.4 Å². The van der Waals surface area contributed by atoms with E-state index in [9.17, 15) is 0 Å². The van der Waals surface area contributed by atoms with Gasteiger partial charge in [-0.2, -0.15) is 5.10 Å². The van der Waals surface area contributed by atoms with E-state index in [1.807, 2.05) is 37.3 Å². The minimum atomic E-state index is 0.799. The third-order valence-electron chi connectivity index (χ3n) is 4.60. The predicted molar refractivity (Wildman–Crippen MR) is 115 cm³/mol. The van der Waals surface area contributed by atoms with E-state index < -0.39 is 0 Å². The minimum absolute atomic E-state index is 0.799.